The molecular weight excluding hydrogens is 328 g/mol. The van der Waals surface area contributed by atoms with Crippen LogP contribution in [0.15, 0.2) is 30.6 Å². The van der Waals surface area contributed by atoms with Gasteiger partial charge in [0.25, 0.3) is 0 Å². The molecule has 24 heavy (non-hydrogen) atoms. The van der Waals surface area contributed by atoms with Crippen molar-refractivity contribution >= 4 is 11.7 Å². The molecule has 2 aromatic rings. The first-order chi connectivity index (χ1) is 11.2. The number of hydrogen-bond acceptors (Lipinski definition) is 2. The smallest absolute Gasteiger partial charge is 0.331 e. The third-order valence-corrected chi connectivity index (χ3v) is 3.38. The van der Waals surface area contributed by atoms with Crippen molar-refractivity contribution in [3.63, 3.8) is 0 Å². The first kappa shape index (κ1) is 17.8. The number of aryl methyl sites for hydroxylation is 1. The minimum atomic E-state index is -4.62. The summed E-state index contributed by atoms with van der Waals surface area (Å²) in [5, 5.41) is 8.68. The molecule has 5 nitrogen and oxygen atoms in total. The molecular formula is C15H16F4N4O. The van der Waals surface area contributed by atoms with E-state index in [4.69, 9.17) is 0 Å². The van der Waals surface area contributed by atoms with Gasteiger partial charge in [-0.2, -0.15) is 18.3 Å². The number of anilines is 1. The standard InChI is InChI=1S/C15H16F4N4O/c1-3-12(9-7-20-23(2)8-9)21-14(24)22-13-6-10(15(17,18)19)4-5-11(13)16/h4-8,12H,3H2,1-2H3,(H2,21,22,24). The minimum absolute atomic E-state index is 0.396. The summed E-state index contributed by atoms with van der Waals surface area (Å²) in [5.41, 5.74) is -0.846. The van der Waals surface area contributed by atoms with Gasteiger partial charge in [-0.1, -0.05) is 6.92 Å². The van der Waals surface area contributed by atoms with E-state index in [0.29, 0.717) is 24.6 Å². The topological polar surface area (TPSA) is 59.0 Å². The molecule has 0 saturated carbocycles. The van der Waals surface area contributed by atoms with Crippen molar-refractivity contribution in [2.24, 2.45) is 7.05 Å². The van der Waals surface area contributed by atoms with E-state index >= 15 is 0 Å². The lowest BCUT2D eigenvalue weighted by Gasteiger charge is -2.17. The van der Waals surface area contributed by atoms with Crippen molar-refractivity contribution in [2.45, 2.75) is 25.6 Å². The molecule has 0 spiro atoms. The van der Waals surface area contributed by atoms with Gasteiger partial charge < -0.3 is 10.6 Å². The number of carbonyl (C=O) groups is 1. The van der Waals surface area contributed by atoms with Gasteiger partial charge in [-0.25, -0.2) is 9.18 Å². The number of alkyl halides is 3. The average molecular weight is 344 g/mol. The molecule has 0 saturated heterocycles. The normalized spacial score (nSPS) is 12.8. The van der Waals surface area contributed by atoms with Crippen molar-refractivity contribution in [2.75, 3.05) is 5.32 Å². The maximum Gasteiger partial charge on any atom is 0.416 e. The molecule has 130 valence electrons. The van der Waals surface area contributed by atoms with Crippen LogP contribution in [-0.2, 0) is 13.2 Å². The van der Waals surface area contributed by atoms with Crippen LogP contribution in [0, 0.1) is 5.82 Å². The highest BCUT2D eigenvalue weighted by Crippen LogP contribution is 2.31. The van der Waals surface area contributed by atoms with Crippen LogP contribution in [0.5, 0.6) is 0 Å². The van der Waals surface area contributed by atoms with Crippen LogP contribution in [0.1, 0.15) is 30.5 Å². The molecule has 1 aromatic carbocycles. The van der Waals surface area contributed by atoms with E-state index in [9.17, 15) is 22.4 Å². The van der Waals surface area contributed by atoms with Gasteiger partial charge in [0, 0.05) is 18.8 Å². The Kier molecular flexibility index (Phi) is 5.10. The van der Waals surface area contributed by atoms with Crippen LogP contribution in [0.2, 0.25) is 0 Å². The second kappa shape index (κ2) is 6.90. The molecule has 2 N–H and O–H groups in total. The number of nitrogens with one attached hydrogen (secondary N) is 2. The van der Waals surface area contributed by atoms with Gasteiger partial charge in [-0.3, -0.25) is 4.68 Å². The maximum absolute atomic E-state index is 13.6. The molecule has 2 amide bonds. The summed E-state index contributed by atoms with van der Waals surface area (Å²) >= 11 is 0. The van der Waals surface area contributed by atoms with Gasteiger partial charge in [-0.05, 0) is 24.6 Å². The highest BCUT2D eigenvalue weighted by Gasteiger charge is 2.31. The Morgan fingerprint density at radius 1 is 1.38 bits per heavy atom. The second-order valence-electron chi connectivity index (χ2n) is 5.20. The predicted octanol–water partition coefficient (Wildman–Crippen LogP) is 3.85. The van der Waals surface area contributed by atoms with Crippen molar-refractivity contribution in [1.29, 1.82) is 0 Å². The van der Waals surface area contributed by atoms with Crippen LogP contribution in [0.3, 0.4) is 0 Å². The van der Waals surface area contributed by atoms with Gasteiger partial charge in [0.2, 0.25) is 0 Å². The number of urea groups is 1. The van der Waals surface area contributed by atoms with Gasteiger partial charge in [0.05, 0.1) is 23.5 Å². The molecule has 1 heterocycles. The zero-order valence-electron chi connectivity index (χ0n) is 13.0. The van der Waals surface area contributed by atoms with Crippen molar-refractivity contribution < 1.29 is 22.4 Å². The number of carbonyl (C=O) groups excluding carboxylic acids is 1. The van der Waals surface area contributed by atoms with Crippen LogP contribution < -0.4 is 10.6 Å². The van der Waals surface area contributed by atoms with E-state index in [0.717, 1.165) is 5.56 Å². The predicted molar refractivity (Wildman–Crippen MR) is 79.8 cm³/mol. The Morgan fingerprint density at radius 2 is 2.08 bits per heavy atom. The lowest BCUT2D eigenvalue weighted by atomic mass is 10.1. The van der Waals surface area contributed by atoms with Gasteiger partial charge in [0.1, 0.15) is 5.82 Å². The van der Waals surface area contributed by atoms with Crippen molar-refractivity contribution in [3.05, 3.63) is 47.5 Å². The lowest BCUT2D eigenvalue weighted by Crippen LogP contribution is -2.32. The molecule has 0 bridgehead atoms. The Bertz CT molecular complexity index is 727. The van der Waals surface area contributed by atoms with Crippen molar-refractivity contribution in [1.82, 2.24) is 15.1 Å². The third-order valence-electron chi connectivity index (χ3n) is 3.38. The number of hydrogen-bond donors (Lipinski definition) is 2. The summed E-state index contributed by atoms with van der Waals surface area (Å²) in [7, 11) is 1.72. The molecule has 1 atom stereocenters. The van der Waals surface area contributed by atoms with Gasteiger partial charge >= 0.3 is 12.2 Å². The highest BCUT2D eigenvalue weighted by molar-refractivity contribution is 5.89. The van der Waals surface area contributed by atoms with E-state index in [1.165, 1.54) is 0 Å². The largest absolute Gasteiger partial charge is 0.416 e. The van der Waals surface area contributed by atoms with Crippen molar-refractivity contribution in [3.8, 4) is 0 Å². The highest BCUT2D eigenvalue weighted by atomic mass is 19.4. The van der Waals surface area contributed by atoms with E-state index in [1.54, 1.807) is 24.1 Å². The second-order valence-corrected chi connectivity index (χ2v) is 5.20. The molecule has 0 aliphatic heterocycles. The first-order valence-electron chi connectivity index (χ1n) is 7.13. The number of nitrogens with zero attached hydrogens (tertiary/aromatic N) is 2. The molecule has 0 aliphatic carbocycles. The van der Waals surface area contributed by atoms with E-state index in [-0.39, 0.29) is 0 Å². The van der Waals surface area contributed by atoms with E-state index in [2.05, 4.69) is 15.7 Å². The summed E-state index contributed by atoms with van der Waals surface area (Å²) in [6, 6.07) is 0.635. The minimum Gasteiger partial charge on any atom is -0.331 e. The maximum atomic E-state index is 13.6. The molecule has 1 unspecified atom stereocenters. The number of aromatic nitrogens is 2. The lowest BCUT2D eigenvalue weighted by molar-refractivity contribution is -0.137. The zero-order valence-corrected chi connectivity index (χ0v) is 13.0. The molecule has 0 aliphatic rings. The zero-order chi connectivity index (χ0) is 17.9. The summed E-state index contributed by atoms with van der Waals surface area (Å²) < 4.78 is 53.2. The van der Waals surface area contributed by atoms with E-state index < -0.39 is 35.3 Å². The van der Waals surface area contributed by atoms with E-state index in [1.807, 2.05) is 6.92 Å². The molecule has 9 heteroatoms. The summed E-state index contributed by atoms with van der Waals surface area (Å²) in [5.74, 6) is -0.951. The van der Waals surface area contributed by atoms with Crippen LogP contribution in [0.4, 0.5) is 28.0 Å². The third kappa shape index (κ3) is 4.24. The number of amides is 2. The van der Waals surface area contributed by atoms with Crippen LogP contribution in [0.25, 0.3) is 0 Å². The molecule has 2 rings (SSSR count). The SMILES string of the molecule is CCC(NC(=O)Nc1cc(C(F)(F)F)ccc1F)c1cnn(C)c1. The summed E-state index contributed by atoms with van der Waals surface area (Å²) in [6.45, 7) is 1.82. The van der Waals surface area contributed by atoms with Crippen LogP contribution >= 0.6 is 0 Å². The Morgan fingerprint density at radius 3 is 2.62 bits per heavy atom. The Hall–Kier alpha value is -2.58. The fourth-order valence-electron chi connectivity index (χ4n) is 2.16. The summed E-state index contributed by atoms with van der Waals surface area (Å²) in [6.07, 6.45) is -0.814. The monoisotopic (exact) mass is 344 g/mol. The van der Waals surface area contributed by atoms with Crippen LogP contribution in [-0.4, -0.2) is 15.8 Å². The average Bonchev–Trinajstić information content (AvgIpc) is 2.92. The fraction of sp³-hybridized carbons (Fsp3) is 0.333. The fourth-order valence-corrected chi connectivity index (χ4v) is 2.16. The molecule has 0 fully saturated rings. The Labute approximate surface area is 135 Å². The van der Waals surface area contributed by atoms with Gasteiger partial charge in [0.15, 0.2) is 0 Å². The number of benzene rings is 1. The molecule has 1 aromatic heterocycles. The number of rotatable bonds is 4. The first-order valence-corrected chi connectivity index (χ1v) is 7.13. The number of halogens is 4. The molecule has 0 radical (unpaired) electrons. The van der Waals surface area contributed by atoms with Gasteiger partial charge in [-0.15, -0.1) is 0 Å². The quantitative estimate of drug-likeness (QED) is 0.828. The Balaban J connectivity index is 2.11. The summed E-state index contributed by atoms with van der Waals surface area (Å²) in [4.78, 5) is 12.0.